The summed E-state index contributed by atoms with van der Waals surface area (Å²) in [5.74, 6) is -2.12. The normalized spacial score (nSPS) is 25.6. The summed E-state index contributed by atoms with van der Waals surface area (Å²) in [5, 5.41) is 20.3. The zero-order valence-electron chi connectivity index (χ0n) is 13.7. The van der Waals surface area contributed by atoms with E-state index in [0.717, 1.165) is 6.20 Å². The van der Waals surface area contributed by atoms with E-state index in [9.17, 15) is 37.1 Å². The fraction of sp³-hybridized carbons (Fsp3) is 0.643. The second kappa shape index (κ2) is 8.19. The number of hydrogen-bond donors (Lipinski definition) is 4. The van der Waals surface area contributed by atoms with Crippen LogP contribution in [-0.4, -0.2) is 63.4 Å². The van der Waals surface area contributed by atoms with Crippen molar-refractivity contribution >= 4 is 5.91 Å². The molecule has 0 bridgehead atoms. The van der Waals surface area contributed by atoms with Crippen molar-refractivity contribution in [3.8, 4) is 0 Å². The average Bonchev–Trinajstić information content (AvgIpc) is 2.87. The number of aromatic nitrogens is 2. The Kier molecular flexibility index (Phi) is 6.38. The molecule has 1 unspecified atom stereocenters. The molecule has 1 aliphatic rings. The minimum absolute atomic E-state index is 0.0599. The Bertz CT molecular complexity index is 792. The molecule has 1 aliphatic heterocycles. The van der Waals surface area contributed by atoms with Gasteiger partial charge in [0, 0.05) is 18.3 Å². The zero-order valence-corrected chi connectivity index (χ0v) is 13.7. The molecule has 27 heavy (non-hydrogen) atoms. The van der Waals surface area contributed by atoms with E-state index >= 15 is 0 Å². The van der Waals surface area contributed by atoms with Crippen LogP contribution in [0.2, 0.25) is 0 Å². The number of H-pyrrole nitrogens is 1. The SMILES string of the molecule is O=C(NCCCc1cn([C@@H]2O[C@H](CO)[C@H](O)C2F)c(=O)[nH]c1=O)C(F)(F)F. The molecule has 4 atom stereocenters. The number of aliphatic hydroxyl groups is 2. The van der Waals surface area contributed by atoms with Gasteiger partial charge in [0.1, 0.15) is 12.2 Å². The van der Waals surface area contributed by atoms with Crippen molar-refractivity contribution in [2.24, 2.45) is 0 Å². The van der Waals surface area contributed by atoms with Gasteiger partial charge in [0.25, 0.3) is 5.56 Å². The van der Waals surface area contributed by atoms with E-state index in [1.54, 1.807) is 5.32 Å². The van der Waals surface area contributed by atoms with Crippen molar-refractivity contribution in [1.29, 1.82) is 0 Å². The third kappa shape index (κ3) is 4.73. The number of nitrogens with zero attached hydrogens (tertiary/aromatic N) is 1. The van der Waals surface area contributed by atoms with Crippen LogP contribution < -0.4 is 16.6 Å². The summed E-state index contributed by atoms with van der Waals surface area (Å²) < 4.78 is 56.1. The molecule has 1 fully saturated rings. The van der Waals surface area contributed by atoms with E-state index in [4.69, 9.17) is 9.84 Å². The summed E-state index contributed by atoms with van der Waals surface area (Å²) in [6, 6.07) is 0. The van der Waals surface area contributed by atoms with Gasteiger partial charge >= 0.3 is 17.8 Å². The molecule has 9 nitrogen and oxygen atoms in total. The van der Waals surface area contributed by atoms with E-state index in [0.29, 0.717) is 4.57 Å². The molecule has 0 radical (unpaired) electrons. The number of aliphatic hydroxyl groups excluding tert-OH is 2. The summed E-state index contributed by atoms with van der Waals surface area (Å²) >= 11 is 0. The Hall–Kier alpha value is -2.25. The summed E-state index contributed by atoms with van der Waals surface area (Å²) in [6.07, 6.45) is -10.8. The molecule has 0 saturated carbocycles. The predicted octanol–water partition coefficient (Wildman–Crippen LogP) is -1.26. The first kappa shape index (κ1) is 21.1. The van der Waals surface area contributed by atoms with Crippen molar-refractivity contribution in [2.45, 2.75) is 43.6 Å². The molecule has 1 aromatic rings. The molecule has 1 saturated heterocycles. The van der Waals surface area contributed by atoms with Crippen molar-refractivity contribution in [1.82, 2.24) is 14.9 Å². The number of amides is 1. The smallest absolute Gasteiger partial charge is 0.394 e. The lowest BCUT2D eigenvalue weighted by Gasteiger charge is -2.16. The van der Waals surface area contributed by atoms with Gasteiger partial charge in [-0.2, -0.15) is 13.2 Å². The van der Waals surface area contributed by atoms with E-state index in [1.807, 2.05) is 4.98 Å². The van der Waals surface area contributed by atoms with Crippen molar-refractivity contribution in [2.75, 3.05) is 13.2 Å². The third-order valence-corrected chi connectivity index (χ3v) is 3.96. The van der Waals surface area contributed by atoms with Gasteiger partial charge in [0.15, 0.2) is 12.4 Å². The highest BCUT2D eigenvalue weighted by molar-refractivity contribution is 5.81. The number of ether oxygens (including phenoxy) is 1. The van der Waals surface area contributed by atoms with Gasteiger partial charge in [-0.1, -0.05) is 0 Å². The minimum Gasteiger partial charge on any atom is -0.394 e. The number of halogens is 4. The number of aryl methyl sites for hydroxylation is 1. The van der Waals surface area contributed by atoms with Crippen LogP contribution in [0.1, 0.15) is 18.2 Å². The van der Waals surface area contributed by atoms with Gasteiger partial charge in [-0.25, -0.2) is 9.18 Å². The lowest BCUT2D eigenvalue weighted by molar-refractivity contribution is -0.173. The number of alkyl halides is 4. The van der Waals surface area contributed by atoms with Gasteiger partial charge in [-0.05, 0) is 12.8 Å². The second-order valence-corrected chi connectivity index (χ2v) is 5.86. The molecular formula is C14H17F4N3O6. The number of aromatic amines is 1. The Balaban J connectivity index is 2.09. The number of carbonyl (C=O) groups is 1. The van der Waals surface area contributed by atoms with Crippen molar-refractivity contribution in [3.05, 3.63) is 32.6 Å². The molecule has 0 aliphatic carbocycles. The summed E-state index contributed by atoms with van der Waals surface area (Å²) in [7, 11) is 0. The Morgan fingerprint density at radius 2 is 2.04 bits per heavy atom. The van der Waals surface area contributed by atoms with Crippen LogP contribution in [0.15, 0.2) is 15.8 Å². The predicted molar refractivity (Wildman–Crippen MR) is 80.6 cm³/mol. The van der Waals surface area contributed by atoms with Gasteiger partial charge < -0.3 is 20.3 Å². The van der Waals surface area contributed by atoms with Crippen LogP contribution in [0, 0.1) is 0 Å². The molecule has 4 N–H and O–H groups in total. The van der Waals surface area contributed by atoms with Crippen LogP contribution >= 0.6 is 0 Å². The molecule has 13 heteroatoms. The molecule has 152 valence electrons. The van der Waals surface area contributed by atoms with Crippen LogP contribution in [-0.2, 0) is 16.0 Å². The highest BCUT2D eigenvalue weighted by Crippen LogP contribution is 2.30. The van der Waals surface area contributed by atoms with E-state index in [-0.39, 0.29) is 24.9 Å². The highest BCUT2D eigenvalue weighted by Gasteiger charge is 2.45. The van der Waals surface area contributed by atoms with Gasteiger partial charge in [-0.3, -0.25) is 19.1 Å². The summed E-state index contributed by atoms with van der Waals surface area (Å²) in [4.78, 5) is 36.3. The topological polar surface area (TPSA) is 134 Å². The largest absolute Gasteiger partial charge is 0.471 e. The lowest BCUT2D eigenvalue weighted by atomic mass is 10.1. The quantitative estimate of drug-likeness (QED) is 0.349. The Morgan fingerprint density at radius 1 is 1.37 bits per heavy atom. The van der Waals surface area contributed by atoms with Crippen molar-refractivity contribution in [3.63, 3.8) is 0 Å². The number of hydrogen-bond acceptors (Lipinski definition) is 6. The van der Waals surface area contributed by atoms with Crippen LogP contribution in [0.25, 0.3) is 0 Å². The Morgan fingerprint density at radius 3 is 2.59 bits per heavy atom. The van der Waals surface area contributed by atoms with Gasteiger partial charge in [0.05, 0.1) is 6.61 Å². The fourth-order valence-electron chi connectivity index (χ4n) is 2.55. The minimum atomic E-state index is -5.02. The maximum Gasteiger partial charge on any atom is 0.471 e. The molecule has 0 aromatic carbocycles. The fourth-order valence-corrected chi connectivity index (χ4v) is 2.55. The van der Waals surface area contributed by atoms with Gasteiger partial charge in [-0.15, -0.1) is 0 Å². The first-order valence-electron chi connectivity index (χ1n) is 7.84. The first-order chi connectivity index (χ1) is 12.6. The highest BCUT2D eigenvalue weighted by atomic mass is 19.4. The van der Waals surface area contributed by atoms with Crippen LogP contribution in [0.3, 0.4) is 0 Å². The molecule has 2 rings (SSSR count). The summed E-state index contributed by atoms with van der Waals surface area (Å²) in [6.45, 7) is -1.07. The molecule has 2 heterocycles. The standard InChI is InChI=1S/C14H17F4N3O6/c15-8-9(23)7(5-22)27-11(8)21-4-6(10(24)20-13(21)26)2-1-3-19-12(25)14(16,17)18/h4,7-9,11,22-23H,1-3,5H2,(H,19,25)(H,20,24,26)/t7-,8?,9+,11-/m1/s1. The number of nitrogens with one attached hydrogen (secondary N) is 2. The van der Waals surface area contributed by atoms with Crippen molar-refractivity contribution < 1.29 is 37.3 Å². The zero-order chi connectivity index (χ0) is 20.4. The van der Waals surface area contributed by atoms with E-state index in [2.05, 4.69) is 0 Å². The maximum absolute atomic E-state index is 14.1. The van der Waals surface area contributed by atoms with Crippen LogP contribution in [0.5, 0.6) is 0 Å². The second-order valence-electron chi connectivity index (χ2n) is 5.86. The molecule has 0 spiro atoms. The average molecular weight is 399 g/mol. The van der Waals surface area contributed by atoms with E-state index < -0.39 is 54.5 Å². The monoisotopic (exact) mass is 399 g/mol. The van der Waals surface area contributed by atoms with Crippen LogP contribution in [0.4, 0.5) is 17.6 Å². The van der Waals surface area contributed by atoms with E-state index in [1.165, 1.54) is 0 Å². The lowest BCUT2D eigenvalue weighted by Crippen LogP contribution is -2.38. The van der Waals surface area contributed by atoms with Gasteiger partial charge in [0.2, 0.25) is 0 Å². The third-order valence-electron chi connectivity index (χ3n) is 3.96. The maximum atomic E-state index is 14.1. The number of rotatable bonds is 6. The molecular weight excluding hydrogens is 382 g/mol. The number of carbonyl (C=O) groups excluding carboxylic acids is 1. The first-order valence-corrected chi connectivity index (χ1v) is 7.84. The summed E-state index contributed by atoms with van der Waals surface area (Å²) in [5.41, 5.74) is -1.91. The molecule has 1 aromatic heterocycles. The molecule has 1 amide bonds. The Labute approximate surface area is 148 Å².